The van der Waals surface area contributed by atoms with Crippen molar-refractivity contribution in [3.05, 3.63) is 102 Å². The Hall–Kier alpha value is -2.54. The number of rotatable bonds is 6. The molecule has 0 aromatic heterocycles. The molecule has 0 N–H and O–H groups in total. The molecule has 0 spiro atoms. The molecule has 0 amide bonds. The summed E-state index contributed by atoms with van der Waals surface area (Å²) in [6.07, 6.45) is 10.5. The second-order valence-electron chi connectivity index (χ2n) is 6.87. The van der Waals surface area contributed by atoms with Crippen LogP contribution in [0, 0.1) is 34.9 Å². The van der Waals surface area contributed by atoms with Crippen LogP contribution in [0.4, 0.5) is 26.3 Å². The van der Waals surface area contributed by atoms with Crippen molar-refractivity contribution in [2.24, 2.45) is 0 Å². The molecule has 2 aromatic carbocycles. The zero-order chi connectivity index (χ0) is 22.2. The maximum absolute atomic E-state index is 14.5. The van der Waals surface area contributed by atoms with Crippen LogP contribution >= 0.6 is 0 Å². The molecule has 160 valence electrons. The molecule has 2 aromatic rings. The molecule has 9 heteroatoms. The van der Waals surface area contributed by atoms with Crippen LogP contribution in [0.3, 0.4) is 0 Å². The molecule has 0 radical (unpaired) electrons. The van der Waals surface area contributed by atoms with Crippen LogP contribution in [-0.2, 0) is 21.1 Å². The van der Waals surface area contributed by atoms with E-state index in [9.17, 15) is 26.3 Å². The van der Waals surface area contributed by atoms with Crippen LogP contribution in [-0.4, -0.2) is 0 Å². The van der Waals surface area contributed by atoms with E-state index in [-0.39, 0.29) is 12.8 Å². The first kappa shape index (κ1) is 21.7. The zero-order valence-electron chi connectivity index (χ0n) is 15.8. The van der Waals surface area contributed by atoms with Crippen molar-refractivity contribution in [3.63, 3.8) is 0 Å². The third kappa shape index (κ3) is 4.16. The molecule has 0 bridgehead atoms. The average Bonchev–Trinajstić information content (AvgIpc) is 3.40. The molecule has 0 fully saturated rings. The van der Waals surface area contributed by atoms with Gasteiger partial charge in [-0.2, -0.15) is 0 Å². The van der Waals surface area contributed by atoms with E-state index in [1.54, 1.807) is 36.5 Å². The van der Waals surface area contributed by atoms with E-state index in [0.29, 0.717) is 30.8 Å². The zero-order valence-corrected chi connectivity index (χ0v) is 18.2. The molecule has 2 nitrogen and oxygen atoms in total. The fourth-order valence-electron chi connectivity index (χ4n) is 3.41. The summed E-state index contributed by atoms with van der Waals surface area (Å²) in [4.78, 5) is 0. The first-order valence-electron chi connectivity index (χ1n) is 9.19. The van der Waals surface area contributed by atoms with E-state index < -0.39 is 67.5 Å². The predicted molar refractivity (Wildman–Crippen MR) is 97.6 cm³/mol. The quantitative estimate of drug-likeness (QED) is 0.401. The van der Waals surface area contributed by atoms with Gasteiger partial charge in [0.15, 0.2) is 0 Å². The Labute approximate surface area is 179 Å². The number of halogens is 6. The van der Waals surface area contributed by atoms with Crippen LogP contribution in [0.15, 0.2) is 67.3 Å². The van der Waals surface area contributed by atoms with Crippen molar-refractivity contribution in [1.29, 1.82) is 0 Å². The van der Waals surface area contributed by atoms with Gasteiger partial charge in [-0.1, -0.05) is 0 Å². The normalized spacial score (nSPS) is 15.3. The third-order valence-corrected chi connectivity index (χ3v) is 13.2. The van der Waals surface area contributed by atoms with Gasteiger partial charge in [0.25, 0.3) is 0 Å². The number of allylic oxidation sites excluding steroid dienone is 8. The van der Waals surface area contributed by atoms with E-state index in [1.165, 1.54) is 0 Å². The Morgan fingerprint density at radius 3 is 1.23 bits per heavy atom. The SMILES string of the molecule is Fc1cc(F)c([O][Zr]([O]c2c(F)cc(F)cc2F)([C]2=CC=CC2)[C]2=CC=CC2)c(F)c1. The molecule has 0 saturated heterocycles. The average molecular weight is 516 g/mol. The molecular weight excluding hydrogens is 501 g/mol. The van der Waals surface area contributed by atoms with Gasteiger partial charge in [0.05, 0.1) is 0 Å². The number of hydrogen-bond acceptors (Lipinski definition) is 2. The summed E-state index contributed by atoms with van der Waals surface area (Å²) in [6.45, 7) is 0. The van der Waals surface area contributed by atoms with Crippen LogP contribution in [0.2, 0.25) is 0 Å². The van der Waals surface area contributed by atoms with Crippen molar-refractivity contribution in [3.8, 4) is 11.5 Å². The minimum absolute atomic E-state index is 0.266. The summed E-state index contributed by atoms with van der Waals surface area (Å²) in [5, 5.41) is 0. The van der Waals surface area contributed by atoms with Crippen LogP contribution in [0.25, 0.3) is 0 Å². The van der Waals surface area contributed by atoms with Crippen LogP contribution in [0.1, 0.15) is 12.8 Å². The monoisotopic (exact) mass is 514 g/mol. The van der Waals surface area contributed by atoms with Gasteiger partial charge in [-0.15, -0.1) is 0 Å². The summed E-state index contributed by atoms with van der Waals surface area (Å²) in [7, 11) is 0. The molecule has 0 atom stereocenters. The first-order valence-corrected chi connectivity index (χ1v) is 13.7. The van der Waals surface area contributed by atoms with E-state index in [0.717, 1.165) is 0 Å². The van der Waals surface area contributed by atoms with Gasteiger partial charge in [-0.05, 0) is 0 Å². The Balaban J connectivity index is 1.90. The standard InChI is InChI=1S/2C6H3F3O.2C5H5.Zr/c2*7-3-1-4(8)6(10)5(9)2-3;2*1-2-4-5-3-1;/h2*1-2,10H;2*1-3H,4H2;/q;;;;+2/p-2. The van der Waals surface area contributed by atoms with Crippen LogP contribution < -0.4 is 5.63 Å². The predicted octanol–water partition coefficient (Wildman–Crippen LogP) is 6.65. The molecule has 0 heterocycles. The van der Waals surface area contributed by atoms with Gasteiger partial charge in [0.2, 0.25) is 0 Å². The summed E-state index contributed by atoms with van der Waals surface area (Å²) in [5.41, 5.74) is 0. The van der Waals surface area contributed by atoms with Crippen molar-refractivity contribution >= 4 is 0 Å². The molecule has 31 heavy (non-hydrogen) atoms. The summed E-state index contributed by atoms with van der Waals surface area (Å²) in [5.74, 6) is -9.38. The van der Waals surface area contributed by atoms with Crippen molar-refractivity contribution < 1.29 is 53.1 Å². The van der Waals surface area contributed by atoms with Crippen molar-refractivity contribution in [2.75, 3.05) is 0 Å². The molecule has 0 aliphatic heterocycles. The molecule has 4 rings (SSSR count). The van der Waals surface area contributed by atoms with Crippen molar-refractivity contribution in [2.45, 2.75) is 12.8 Å². The summed E-state index contributed by atoms with van der Waals surface area (Å²) < 4.78 is 97.4. The van der Waals surface area contributed by atoms with Gasteiger partial charge >= 0.3 is 180 Å². The van der Waals surface area contributed by atoms with Crippen molar-refractivity contribution in [1.82, 2.24) is 0 Å². The minimum atomic E-state index is -5.20. The Morgan fingerprint density at radius 2 is 0.935 bits per heavy atom. The second kappa shape index (κ2) is 8.54. The van der Waals surface area contributed by atoms with Gasteiger partial charge in [0.1, 0.15) is 0 Å². The van der Waals surface area contributed by atoms with Gasteiger partial charge in [-0.25, -0.2) is 0 Å². The third-order valence-electron chi connectivity index (χ3n) is 4.81. The molecule has 0 saturated carbocycles. The van der Waals surface area contributed by atoms with E-state index in [4.69, 9.17) is 5.63 Å². The molecule has 2 aliphatic rings. The maximum atomic E-state index is 14.5. The van der Waals surface area contributed by atoms with E-state index in [2.05, 4.69) is 0 Å². The summed E-state index contributed by atoms with van der Waals surface area (Å²) in [6, 6.07) is 1.76. The molecule has 0 unspecified atom stereocenters. The van der Waals surface area contributed by atoms with Gasteiger partial charge in [-0.3, -0.25) is 0 Å². The summed E-state index contributed by atoms with van der Waals surface area (Å²) >= 11 is -5.20. The Kier molecular flexibility index (Phi) is 5.97. The second-order valence-corrected chi connectivity index (χ2v) is 14.1. The van der Waals surface area contributed by atoms with E-state index >= 15 is 0 Å². The van der Waals surface area contributed by atoms with E-state index in [1.807, 2.05) is 0 Å². The molecular formula is C22H14F6O2Zr. The topological polar surface area (TPSA) is 18.5 Å². The molecule has 2 aliphatic carbocycles. The van der Waals surface area contributed by atoms with Gasteiger partial charge in [0, 0.05) is 0 Å². The van der Waals surface area contributed by atoms with Gasteiger partial charge < -0.3 is 0 Å². The number of hydrogen-bond donors (Lipinski definition) is 0. The Bertz CT molecular complexity index is 1030. The Morgan fingerprint density at radius 1 is 0.581 bits per heavy atom. The van der Waals surface area contributed by atoms with Crippen LogP contribution in [0.5, 0.6) is 11.5 Å². The fraction of sp³-hybridized carbons (Fsp3) is 0.0909. The fourth-order valence-corrected chi connectivity index (χ4v) is 11.6. The first-order chi connectivity index (χ1) is 14.8. The number of benzene rings is 2.